The summed E-state index contributed by atoms with van der Waals surface area (Å²) in [6.45, 7) is 2.33. The number of fused-ring (bicyclic) bond motifs is 3. The Bertz CT molecular complexity index is 1030. The van der Waals surface area contributed by atoms with Crippen LogP contribution in [0.2, 0.25) is 0 Å². The van der Waals surface area contributed by atoms with Crippen LogP contribution in [0.25, 0.3) is 11.1 Å². The van der Waals surface area contributed by atoms with Crippen molar-refractivity contribution in [3.63, 3.8) is 0 Å². The average molecular weight is 350 g/mol. The molecule has 5 rings (SSSR count). The zero-order chi connectivity index (χ0) is 17.9. The maximum absolute atomic E-state index is 14.7. The molecule has 0 unspecified atom stereocenters. The second-order valence-corrected chi connectivity index (χ2v) is 7.43. The Morgan fingerprint density at radius 1 is 1.23 bits per heavy atom. The van der Waals surface area contributed by atoms with Crippen molar-refractivity contribution in [2.24, 2.45) is 0 Å². The molecule has 4 nitrogen and oxygen atoms in total. The number of oxazole rings is 1. The lowest BCUT2D eigenvalue weighted by molar-refractivity contribution is 0.0985. The quantitative estimate of drug-likeness (QED) is 0.636. The fourth-order valence-electron chi connectivity index (χ4n) is 4.70. The van der Waals surface area contributed by atoms with Gasteiger partial charge in [-0.05, 0) is 43.2 Å². The first-order valence-corrected chi connectivity index (χ1v) is 9.05. The summed E-state index contributed by atoms with van der Waals surface area (Å²) in [7, 11) is 0. The molecule has 26 heavy (non-hydrogen) atoms. The van der Waals surface area contributed by atoms with E-state index in [1.54, 1.807) is 36.1 Å². The van der Waals surface area contributed by atoms with Gasteiger partial charge in [-0.15, -0.1) is 0 Å². The number of carbonyl (C=O) groups excluding carboxylic acids is 1. The second-order valence-electron chi connectivity index (χ2n) is 7.43. The number of aryl methyl sites for hydroxylation is 1. The first-order chi connectivity index (χ1) is 12.6. The molecule has 1 fully saturated rings. The van der Waals surface area contributed by atoms with Gasteiger partial charge in [0, 0.05) is 30.0 Å². The molecule has 0 atom stereocenters. The Labute approximate surface area is 150 Å². The predicted octanol–water partition coefficient (Wildman–Crippen LogP) is 4.75. The SMILES string of the molecule is Cc1nc2ccc(C(=O)N3CC4(CCCC4)c4c(F)cccc43)cc2o1. The van der Waals surface area contributed by atoms with Gasteiger partial charge in [-0.1, -0.05) is 18.9 Å². The Balaban J connectivity index is 1.59. The van der Waals surface area contributed by atoms with E-state index < -0.39 is 0 Å². The highest BCUT2D eigenvalue weighted by molar-refractivity contribution is 6.09. The van der Waals surface area contributed by atoms with Gasteiger partial charge in [0.15, 0.2) is 11.5 Å². The van der Waals surface area contributed by atoms with Crippen LogP contribution in [0.15, 0.2) is 40.8 Å². The standard InChI is InChI=1S/C21H19FN2O2/c1-13-23-16-8-7-14(11-18(16)26-13)20(25)24-12-21(9-2-3-10-21)19-15(22)5-4-6-17(19)24/h4-8,11H,2-3,9-10,12H2,1H3. The molecule has 2 aromatic carbocycles. The van der Waals surface area contributed by atoms with Gasteiger partial charge in [-0.25, -0.2) is 9.37 Å². The Kier molecular flexibility index (Phi) is 3.23. The number of benzene rings is 2. The maximum Gasteiger partial charge on any atom is 0.258 e. The van der Waals surface area contributed by atoms with Gasteiger partial charge in [0.2, 0.25) is 0 Å². The van der Waals surface area contributed by atoms with E-state index in [0.717, 1.165) is 36.8 Å². The van der Waals surface area contributed by atoms with Crippen LogP contribution in [0.4, 0.5) is 10.1 Å². The van der Waals surface area contributed by atoms with Crippen molar-refractivity contribution in [1.29, 1.82) is 0 Å². The van der Waals surface area contributed by atoms with Gasteiger partial charge in [0.1, 0.15) is 11.3 Å². The lowest BCUT2D eigenvalue weighted by atomic mass is 9.80. The minimum absolute atomic E-state index is 0.114. The molecule has 2 heterocycles. The molecule has 2 aliphatic rings. The van der Waals surface area contributed by atoms with Crippen LogP contribution < -0.4 is 4.90 Å². The van der Waals surface area contributed by atoms with E-state index in [2.05, 4.69) is 4.98 Å². The number of hydrogen-bond acceptors (Lipinski definition) is 3. The van der Waals surface area contributed by atoms with Crippen molar-refractivity contribution in [3.05, 3.63) is 59.2 Å². The van der Waals surface area contributed by atoms with Gasteiger partial charge in [0.25, 0.3) is 5.91 Å². The molecule has 0 bridgehead atoms. The predicted molar refractivity (Wildman–Crippen MR) is 97.0 cm³/mol. The molecule has 0 N–H and O–H groups in total. The van der Waals surface area contributed by atoms with Gasteiger partial charge in [-0.2, -0.15) is 0 Å². The van der Waals surface area contributed by atoms with E-state index >= 15 is 0 Å². The topological polar surface area (TPSA) is 46.3 Å². The number of rotatable bonds is 1. The molecule has 1 aliphatic carbocycles. The first-order valence-electron chi connectivity index (χ1n) is 9.05. The van der Waals surface area contributed by atoms with E-state index in [1.165, 1.54) is 6.07 Å². The van der Waals surface area contributed by atoms with Crippen LogP contribution in [0, 0.1) is 12.7 Å². The van der Waals surface area contributed by atoms with E-state index in [4.69, 9.17) is 4.42 Å². The molecule has 1 amide bonds. The molecule has 1 aliphatic heterocycles. The number of halogens is 1. The zero-order valence-corrected chi connectivity index (χ0v) is 14.6. The molecule has 1 spiro atoms. The van der Waals surface area contributed by atoms with Crippen molar-refractivity contribution < 1.29 is 13.6 Å². The van der Waals surface area contributed by atoms with Crippen LogP contribution in [-0.2, 0) is 5.41 Å². The van der Waals surface area contributed by atoms with Crippen LogP contribution >= 0.6 is 0 Å². The number of hydrogen-bond donors (Lipinski definition) is 0. The number of amides is 1. The minimum Gasteiger partial charge on any atom is -0.441 e. The Hall–Kier alpha value is -2.69. The lowest BCUT2D eigenvalue weighted by Crippen LogP contribution is -2.35. The molecule has 1 aromatic heterocycles. The molecule has 5 heteroatoms. The van der Waals surface area contributed by atoms with Crippen molar-refractivity contribution in [3.8, 4) is 0 Å². The minimum atomic E-state index is -0.233. The Morgan fingerprint density at radius 2 is 2.04 bits per heavy atom. The van der Waals surface area contributed by atoms with E-state index in [9.17, 15) is 9.18 Å². The summed E-state index contributed by atoms with van der Waals surface area (Å²) < 4.78 is 20.2. The summed E-state index contributed by atoms with van der Waals surface area (Å²) in [5.74, 6) is 0.265. The lowest BCUT2D eigenvalue weighted by Gasteiger charge is -2.24. The van der Waals surface area contributed by atoms with Gasteiger partial charge < -0.3 is 9.32 Å². The van der Waals surface area contributed by atoms with E-state index in [-0.39, 0.29) is 17.1 Å². The van der Waals surface area contributed by atoms with E-state index in [0.29, 0.717) is 29.3 Å². The van der Waals surface area contributed by atoms with Gasteiger partial charge >= 0.3 is 0 Å². The molecule has 3 aromatic rings. The van der Waals surface area contributed by atoms with Crippen molar-refractivity contribution in [2.45, 2.75) is 38.0 Å². The summed E-state index contributed by atoms with van der Waals surface area (Å²) in [6, 6.07) is 10.4. The first kappa shape index (κ1) is 15.6. The average Bonchev–Trinajstić information content (AvgIpc) is 3.32. The number of anilines is 1. The molecule has 1 saturated carbocycles. The molecule has 0 radical (unpaired) electrons. The molecular weight excluding hydrogens is 331 g/mol. The van der Waals surface area contributed by atoms with Gasteiger partial charge in [0.05, 0.1) is 5.69 Å². The highest BCUT2D eigenvalue weighted by Gasteiger charge is 2.48. The zero-order valence-electron chi connectivity index (χ0n) is 14.6. The maximum atomic E-state index is 14.7. The van der Waals surface area contributed by atoms with Crippen LogP contribution in [-0.4, -0.2) is 17.4 Å². The highest BCUT2D eigenvalue weighted by Crippen LogP contribution is 2.51. The summed E-state index contributed by atoms with van der Waals surface area (Å²) >= 11 is 0. The number of carbonyl (C=O) groups is 1. The summed E-state index contributed by atoms with van der Waals surface area (Å²) in [4.78, 5) is 19.3. The second kappa shape index (κ2) is 5.40. The number of aromatic nitrogens is 1. The van der Waals surface area contributed by atoms with Crippen LogP contribution in [0.1, 0.15) is 47.5 Å². The van der Waals surface area contributed by atoms with Crippen molar-refractivity contribution in [1.82, 2.24) is 4.98 Å². The van der Waals surface area contributed by atoms with Crippen LogP contribution in [0.3, 0.4) is 0 Å². The third-order valence-corrected chi connectivity index (χ3v) is 5.82. The van der Waals surface area contributed by atoms with Crippen molar-refractivity contribution >= 4 is 22.7 Å². The largest absolute Gasteiger partial charge is 0.441 e. The fraction of sp³-hybridized carbons (Fsp3) is 0.333. The van der Waals surface area contributed by atoms with Gasteiger partial charge in [-0.3, -0.25) is 4.79 Å². The fourth-order valence-corrected chi connectivity index (χ4v) is 4.70. The monoisotopic (exact) mass is 350 g/mol. The highest BCUT2D eigenvalue weighted by atomic mass is 19.1. The summed E-state index contributed by atoms with van der Waals surface area (Å²) in [5, 5.41) is 0. The number of nitrogens with zero attached hydrogens (tertiary/aromatic N) is 2. The molecular formula is C21H19FN2O2. The summed E-state index contributed by atoms with van der Waals surface area (Å²) in [6.07, 6.45) is 4.04. The smallest absolute Gasteiger partial charge is 0.258 e. The normalized spacial score (nSPS) is 18.0. The molecule has 0 saturated heterocycles. The summed E-state index contributed by atoms with van der Waals surface area (Å²) in [5.41, 5.74) is 3.08. The van der Waals surface area contributed by atoms with Crippen LogP contribution in [0.5, 0.6) is 0 Å². The van der Waals surface area contributed by atoms with Crippen molar-refractivity contribution in [2.75, 3.05) is 11.4 Å². The van der Waals surface area contributed by atoms with E-state index in [1.807, 2.05) is 6.07 Å². The Morgan fingerprint density at radius 3 is 2.85 bits per heavy atom. The third-order valence-electron chi connectivity index (χ3n) is 5.82. The third kappa shape index (κ3) is 2.13. The molecule has 132 valence electrons.